The SMILES string of the molecule is COC1(N2C(=O)c3ccccc3C2=O)C(=O)N2C(C(=O)O)=C(COC(C)=O)CS[C@@H]21. The third kappa shape index (κ3) is 2.52. The van der Waals surface area contributed by atoms with Gasteiger partial charge in [0.15, 0.2) is 0 Å². The van der Waals surface area contributed by atoms with Crippen molar-refractivity contribution in [2.24, 2.45) is 0 Å². The van der Waals surface area contributed by atoms with Crippen LogP contribution < -0.4 is 0 Å². The second-order valence-electron chi connectivity index (χ2n) is 6.77. The zero-order valence-corrected chi connectivity index (χ0v) is 16.7. The van der Waals surface area contributed by atoms with Gasteiger partial charge in [-0.15, -0.1) is 11.8 Å². The van der Waals surface area contributed by atoms with Gasteiger partial charge in [0, 0.05) is 25.4 Å². The van der Waals surface area contributed by atoms with Crippen LogP contribution in [0.25, 0.3) is 0 Å². The molecule has 0 bridgehead atoms. The van der Waals surface area contributed by atoms with Gasteiger partial charge in [-0.2, -0.15) is 0 Å². The summed E-state index contributed by atoms with van der Waals surface area (Å²) in [5.41, 5.74) is -1.77. The van der Waals surface area contributed by atoms with Gasteiger partial charge in [-0.25, -0.2) is 9.69 Å². The standard InChI is InChI=1S/C19H16N2O8S/c1-9(22)29-7-10-8-30-18-19(28-2,17(27)20(18)13(10)16(25)26)21-14(23)11-5-3-4-6-12(11)15(21)24/h3-6,18H,7-8H2,1-2H3,(H,25,26)/t18-,19?/m1/s1. The molecule has 4 rings (SSSR count). The minimum absolute atomic E-state index is 0.109. The number of carbonyl (C=O) groups is 5. The molecule has 3 aliphatic rings. The molecule has 0 aliphatic carbocycles. The first-order valence-corrected chi connectivity index (χ1v) is 9.87. The molecule has 3 heterocycles. The molecule has 1 aromatic rings. The second kappa shape index (κ2) is 6.96. The third-order valence-corrected chi connectivity index (χ3v) is 6.54. The summed E-state index contributed by atoms with van der Waals surface area (Å²) >= 11 is 1.12. The molecule has 11 heteroatoms. The van der Waals surface area contributed by atoms with Crippen molar-refractivity contribution in [3.8, 4) is 0 Å². The monoisotopic (exact) mass is 432 g/mol. The summed E-state index contributed by atoms with van der Waals surface area (Å²) in [6.07, 6.45) is 0. The largest absolute Gasteiger partial charge is 0.477 e. The molecule has 30 heavy (non-hydrogen) atoms. The number of thioether (sulfide) groups is 1. The number of aliphatic carboxylic acids is 1. The van der Waals surface area contributed by atoms with Gasteiger partial charge in [0.2, 0.25) is 0 Å². The Labute approximate surface area is 174 Å². The highest BCUT2D eigenvalue weighted by Gasteiger charge is 2.72. The first kappa shape index (κ1) is 20.1. The Balaban J connectivity index is 1.74. The van der Waals surface area contributed by atoms with Gasteiger partial charge in [0.05, 0.1) is 11.1 Å². The summed E-state index contributed by atoms with van der Waals surface area (Å²) in [5.74, 6) is -4.09. The summed E-state index contributed by atoms with van der Waals surface area (Å²) in [5, 5.41) is 8.72. The van der Waals surface area contributed by atoms with Crippen LogP contribution >= 0.6 is 11.8 Å². The lowest BCUT2D eigenvalue weighted by atomic mass is 9.96. The highest BCUT2D eigenvalue weighted by molar-refractivity contribution is 8.00. The average molecular weight is 432 g/mol. The predicted molar refractivity (Wildman–Crippen MR) is 101 cm³/mol. The minimum atomic E-state index is -1.97. The Morgan fingerprint density at radius 3 is 2.30 bits per heavy atom. The van der Waals surface area contributed by atoms with E-state index in [4.69, 9.17) is 9.47 Å². The molecule has 2 atom stereocenters. The molecule has 1 saturated heterocycles. The average Bonchev–Trinajstić information content (AvgIpc) is 2.98. The molecule has 1 aromatic carbocycles. The van der Waals surface area contributed by atoms with Crippen LogP contribution in [0.15, 0.2) is 35.5 Å². The first-order valence-electron chi connectivity index (χ1n) is 8.82. The van der Waals surface area contributed by atoms with Gasteiger partial charge in [0.25, 0.3) is 23.4 Å². The van der Waals surface area contributed by atoms with Crippen LogP contribution in [0.4, 0.5) is 0 Å². The van der Waals surface area contributed by atoms with Crippen molar-refractivity contribution in [2.75, 3.05) is 19.5 Å². The summed E-state index contributed by atoms with van der Waals surface area (Å²) < 4.78 is 10.3. The Morgan fingerprint density at radius 2 is 1.80 bits per heavy atom. The van der Waals surface area contributed by atoms with Crippen molar-refractivity contribution in [1.82, 2.24) is 9.80 Å². The predicted octanol–water partition coefficient (Wildman–Crippen LogP) is 0.442. The van der Waals surface area contributed by atoms with Crippen molar-refractivity contribution < 1.29 is 38.6 Å². The number of carboxylic acid groups (broad SMARTS) is 1. The summed E-state index contributed by atoms with van der Waals surface area (Å²) in [6.45, 7) is 0.903. The van der Waals surface area contributed by atoms with E-state index in [0.717, 1.165) is 21.6 Å². The van der Waals surface area contributed by atoms with Crippen molar-refractivity contribution in [3.05, 3.63) is 46.7 Å². The van der Waals surface area contributed by atoms with Crippen LogP contribution in [-0.2, 0) is 23.9 Å². The molecule has 3 amide bonds. The Hall–Kier alpha value is -3.18. The number of carbonyl (C=O) groups excluding carboxylic acids is 4. The highest BCUT2D eigenvalue weighted by Crippen LogP contribution is 2.51. The number of hydrogen-bond donors (Lipinski definition) is 1. The van der Waals surface area contributed by atoms with Crippen LogP contribution in [-0.4, -0.2) is 75.1 Å². The summed E-state index contributed by atoms with van der Waals surface area (Å²) in [6, 6.07) is 6.16. The quantitative estimate of drug-likeness (QED) is 0.400. The number of imide groups is 1. The van der Waals surface area contributed by atoms with E-state index in [9.17, 15) is 29.1 Å². The van der Waals surface area contributed by atoms with Gasteiger partial charge in [-0.1, -0.05) is 12.1 Å². The lowest BCUT2D eigenvalue weighted by molar-refractivity contribution is -0.206. The normalized spacial score (nSPS) is 25.1. The lowest BCUT2D eigenvalue weighted by Gasteiger charge is -2.57. The number of esters is 1. The fraction of sp³-hybridized carbons (Fsp3) is 0.316. The number of ether oxygens (including phenoxy) is 2. The van der Waals surface area contributed by atoms with Crippen molar-refractivity contribution >= 4 is 41.4 Å². The maximum Gasteiger partial charge on any atom is 0.352 e. The summed E-state index contributed by atoms with van der Waals surface area (Å²) in [7, 11) is 1.19. The lowest BCUT2D eigenvalue weighted by Crippen LogP contribution is -2.81. The van der Waals surface area contributed by atoms with E-state index in [2.05, 4.69) is 0 Å². The van der Waals surface area contributed by atoms with Crippen LogP contribution in [0, 0.1) is 0 Å². The van der Waals surface area contributed by atoms with Crippen molar-refractivity contribution in [2.45, 2.75) is 18.0 Å². The molecule has 156 valence electrons. The van der Waals surface area contributed by atoms with Crippen LogP contribution in [0.3, 0.4) is 0 Å². The maximum absolute atomic E-state index is 13.2. The molecular weight excluding hydrogens is 416 g/mol. The Morgan fingerprint density at radius 1 is 1.20 bits per heavy atom. The molecule has 3 aliphatic heterocycles. The number of methoxy groups -OCH3 is 1. The van der Waals surface area contributed by atoms with E-state index < -0.39 is 40.8 Å². The van der Waals surface area contributed by atoms with Gasteiger partial charge >= 0.3 is 11.9 Å². The number of nitrogens with zero attached hydrogens (tertiary/aromatic N) is 2. The Bertz CT molecular complexity index is 1020. The molecular formula is C19H16N2O8S. The number of carboxylic acids is 1. The fourth-order valence-corrected chi connectivity index (χ4v) is 5.31. The number of β-lactam (4-membered cyclic amide) rings is 1. The number of fused-ring (bicyclic) bond motifs is 2. The third-order valence-electron chi connectivity index (χ3n) is 5.18. The highest BCUT2D eigenvalue weighted by atomic mass is 32.2. The van der Waals surface area contributed by atoms with E-state index in [1.54, 1.807) is 12.1 Å². The van der Waals surface area contributed by atoms with Crippen LogP contribution in [0.5, 0.6) is 0 Å². The topological polar surface area (TPSA) is 131 Å². The molecule has 1 unspecified atom stereocenters. The van der Waals surface area contributed by atoms with E-state index in [1.807, 2.05) is 0 Å². The van der Waals surface area contributed by atoms with Crippen LogP contribution in [0.2, 0.25) is 0 Å². The van der Waals surface area contributed by atoms with E-state index in [1.165, 1.54) is 26.2 Å². The zero-order chi connectivity index (χ0) is 21.8. The molecule has 1 N–H and O–H groups in total. The fourth-order valence-electron chi connectivity index (χ4n) is 3.85. The smallest absolute Gasteiger partial charge is 0.352 e. The molecule has 0 radical (unpaired) electrons. The van der Waals surface area contributed by atoms with E-state index in [-0.39, 0.29) is 34.8 Å². The molecule has 0 saturated carbocycles. The first-order chi connectivity index (χ1) is 14.3. The van der Waals surface area contributed by atoms with E-state index in [0.29, 0.717) is 0 Å². The molecule has 1 fully saturated rings. The van der Waals surface area contributed by atoms with Gasteiger partial charge in [0.1, 0.15) is 17.7 Å². The van der Waals surface area contributed by atoms with Crippen LogP contribution in [0.1, 0.15) is 27.6 Å². The zero-order valence-electron chi connectivity index (χ0n) is 15.9. The van der Waals surface area contributed by atoms with Gasteiger partial charge in [-0.3, -0.25) is 24.1 Å². The summed E-state index contributed by atoms with van der Waals surface area (Å²) in [4.78, 5) is 63.8. The molecule has 10 nitrogen and oxygen atoms in total. The van der Waals surface area contributed by atoms with Gasteiger partial charge in [-0.05, 0) is 12.1 Å². The molecule has 0 spiro atoms. The minimum Gasteiger partial charge on any atom is -0.477 e. The molecule has 0 aromatic heterocycles. The number of amides is 3. The Kier molecular flexibility index (Phi) is 4.66. The van der Waals surface area contributed by atoms with E-state index >= 15 is 0 Å². The van der Waals surface area contributed by atoms with Crippen molar-refractivity contribution in [3.63, 3.8) is 0 Å². The number of hydrogen-bond acceptors (Lipinski definition) is 8. The maximum atomic E-state index is 13.2. The number of benzene rings is 1. The van der Waals surface area contributed by atoms with Gasteiger partial charge < -0.3 is 14.6 Å². The second-order valence-corrected chi connectivity index (χ2v) is 7.84. The number of rotatable bonds is 5. The van der Waals surface area contributed by atoms with Crippen molar-refractivity contribution in [1.29, 1.82) is 0 Å².